The molecule has 1 aliphatic heterocycles. The third-order valence-corrected chi connectivity index (χ3v) is 7.65. The van der Waals surface area contributed by atoms with Crippen LogP contribution in [0.3, 0.4) is 0 Å². The number of carbonyl (C=O) groups is 1. The van der Waals surface area contributed by atoms with E-state index in [1.807, 2.05) is 30.3 Å². The van der Waals surface area contributed by atoms with Gasteiger partial charge in [-0.05, 0) is 49.5 Å². The number of halogens is 1. The third kappa shape index (κ3) is 8.28. The normalized spacial score (nSPS) is 14.5. The molecule has 0 radical (unpaired) electrons. The summed E-state index contributed by atoms with van der Waals surface area (Å²) in [5.41, 5.74) is 3.31. The van der Waals surface area contributed by atoms with Crippen molar-refractivity contribution in [1.82, 2.24) is 14.9 Å². The molecule has 0 spiro atoms. The Morgan fingerprint density at radius 3 is 2.76 bits per heavy atom. The molecule has 10 nitrogen and oxygen atoms in total. The van der Waals surface area contributed by atoms with Gasteiger partial charge < -0.3 is 29.7 Å². The molecule has 1 atom stereocenters. The molecule has 2 aromatic heterocycles. The molecule has 1 unspecified atom stereocenters. The van der Waals surface area contributed by atoms with Gasteiger partial charge in [0.25, 0.3) is 0 Å². The lowest BCUT2D eigenvalue weighted by Crippen LogP contribution is -2.23. The van der Waals surface area contributed by atoms with Gasteiger partial charge in [0.15, 0.2) is 0 Å². The van der Waals surface area contributed by atoms with Gasteiger partial charge in [0.05, 0.1) is 46.4 Å². The number of benzene rings is 2. The standard InChI is InChI=1S/C34H35ClN6O4/c1-3-41(4-2)14-7-9-33(42)40-30-17-27-29(18-32(30)45-26-12-15-43-22-26)38-20-23(19-36)34(27)39-24-10-11-31(28(35)16-24)44-21-25-8-5-6-13-37-25/h5-11,13,16-18,20,26H,3-4,12,14-15,21-22H2,1-2H3,(H,38,39)(H,40,42)/b9-7+. The minimum atomic E-state index is -0.291. The Morgan fingerprint density at radius 1 is 1.18 bits per heavy atom. The van der Waals surface area contributed by atoms with Gasteiger partial charge in [-0.25, -0.2) is 0 Å². The molecule has 2 aromatic carbocycles. The largest absolute Gasteiger partial charge is 0.486 e. The van der Waals surface area contributed by atoms with E-state index in [1.54, 1.807) is 30.5 Å². The highest BCUT2D eigenvalue weighted by atomic mass is 35.5. The molecule has 0 saturated carbocycles. The first-order valence-corrected chi connectivity index (χ1v) is 15.3. The molecule has 1 amide bonds. The highest BCUT2D eigenvalue weighted by Gasteiger charge is 2.21. The Labute approximate surface area is 267 Å². The van der Waals surface area contributed by atoms with Crippen molar-refractivity contribution in [2.24, 2.45) is 0 Å². The number of hydrogen-bond acceptors (Lipinski definition) is 9. The van der Waals surface area contributed by atoms with Crippen LogP contribution < -0.4 is 20.1 Å². The van der Waals surface area contributed by atoms with E-state index >= 15 is 0 Å². The predicted octanol–water partition coefficient (Wildman–Crippen LogP) is 6.48. The molecule has 2 N–H and O–H groups in total. The summed E-state index contributed by atoms with van der Waals surface area (Å²) in [6.07, 6.45) is 7.17. The summed E-state index contributed by atoms with van der Waals surface area (Å²) < 4.78 is 17.6. The summed E-state index contributed by atoms with van der Waals surface area (Å²) >= 11 is 6.57. The SMILES string of the molecule is CCN(CC)C/C=C/C(=O)Nc1cc2c(Nc3ccc(OCc4ccccn4)c(Cl)c3)c(C#N)cnc2cc1OC1CCOC1. The predicted molar refractivity (Wildman–Crippen MR) is 175 cm³/mol. The monoisotopic (exact) mass is 626 g/mol. The molecule has 11 heteroatoms. The van der Waals surface area contributed by atoms with Gasteiger partial charge in [0.2, 0.25) is 5.91 Å². The van der Waals surface area contributed by atoms with E-state index in [9.17, 15) is 10.1 Å². The van der Waals surface area contributed by atoms with Crippen molar-refractivity contribution >= 4 is 45.5 Å². The van der Waals surface area contributed by atoms with Gasteiger partial charge in [0.1, 0.15) is 30.3 Å². The van der Waals surface area contributed by atoms with Crippen molar-refractivity contribution in [3.05, 3.63) is 89.4 Å². The minimum Gasteiger partial charge on any atom is -0.486 e. The molecule has 1 aliphatic rings. The van der Waals surface area contributed by atoms with Gasteiger partial charge in [-0.3, -0.25) is 14.8 Å². The number of carbonyl (C=O) groups excluding carboxylic acids is 1. The van der Waals surface area contributed by atoms with Crippen LogP contribution in [0, 0.1) is 11.3 Å². The number of likely N-dealkylation sites (N-methyl/N-ethyl adjacent to an activating group) is 1. The number of ether oxygens (including phenoxy) is 3. The fourth-order valence-corrected chi connectivity index (χ4v) is 5.10. The Bertz CT molecular complexity index is 1700. The van der Waals surface area contributed by atoms with Crippen LogP contribution in [-0.4, -0.2) is 59.7 Å². The Balaban J connectivity index is 1.44. The number of aromatic nitrogens is 2. The van der Waals surface area contributed by atoms with Crippen LogP contribution in [0.15, 0.2) is 73.1 Å². The quantitative estimate of drug-likeness (QED) is 0.161. The van der Waals surface area contributed by atoms with Crippen molar-refractivity contribution < 1.29 is 19.0 Å². The van der Waals surface area contributed by atoms with E-state index in [0.29, 0.717) is 69.8 Å². The number of amides is 1. The zero-order valence-corrected chi connectivity index (χ0v) is 26.0. The number of anilines is 3. The summed E-state index contributed by atoms with van der Waals surface area (Å²) in [6, 6.07) is 16.7. The summed E-state index contributed by atoms with van der Waals surface area (Å²) in [4.78, 5) is 24.0. The number of rotatable bonds is 13. The van der Waals surface area contributed by atoms with Crippen LogP contribution in [0.5, 0.6) is 11.5 Å². The van der Waals surface area contributed by atoms with Crippen LogP contribution in [0.25, 0.3) is 10.9 Å². The topological polar surface area (TPSA) is 122 Å². The van der Waals surface area contributed by atoms with E-state index in [-0.39, 0.29) is 18.6 Å². The van der Waals surface area contributed by atoms with Crippen molar-refractivity contribution in [2.75, 3.05) is 43.5 Å². The van der Waals surface area contributed by atoms with Crippen LogP contribution in [0.4, 0.5) is 17.1 Å². The highest BCUT2D eigenvalue weighted by molar-refractivity contribution is 6.32. The van der Waals surface area contributed by atoms with E-state index in [4.69, 9.17) is 25.8 Å². The first-order chi connectivity index (χ1) is 22.0. The lowest BCUT2D eigenvalue weighted by molar-refractivity contribution is -0.111. The Hall–Kier alpha value is -4.69. The summed E-state index contributed by atoms with van der Waals surface area (Å²) in [5.74, 6) is 0.690. The number of nitrogens with zero attached hydrogens (tertiary/aromatic N) is 4. The molecule has 232 valence electrons. The molecule has 1 saturated heterocycles. The van der Waals surface area contributed by atoms with Gasteiger partial charge in [0, 0.05) is 48.6 Å². The van der Waals surface area contributed by atoms with Crippen LogP contribution in [-0.2, 0) is 16.1 Å². The van der Waals surface area contributed by atoms with E-state index < -0.39 is 0 Å². The second-order valence-corrected chi connectivity index (χ2v) is 10.8. The smallest absolute Gasteiger partial charge is 0.248 e. The van der Waals surface area contributed by atoms with Crippen LogP contribution in [0.1, 0.15) is 31.5 Å². The number of nitriles is 1. The average Bonchev–Trinajstić information content (AvgIpc) is 3.57. The number of nitrogens with one attached hydrogen (secondary N) is 2. The fourth-order valence-electron chi connectivity index (χ4n) is 4.86. The van der Waals surface area contributed by atoms with Gasteiger partial charge in [-0.15, -0.1) is 0 Å². The van der Waals surface area contributed by atoms with Crippen LogP contribution >= 0.6 is 11.6 Å². The second-order valence-electron chi connectivity index (χ2n) is 10.4. The average molecular weight is 627 g/mol. The molecule has 3 heterocycles. The van der Waals surface area contributed by atoms with E-state index in [1.165, 1.54) is 12.3 Å². The molecular formula is C34H35ClN6O4. The van der Waals surface area contributed by atoms with Gasteiger partial charge >= 0.3 is 0 Å². The Morgan fingerprint density at radius 2 is 2.04 bits per heavy atom. The molecule has 0 aliphatic carbocycles. The highest BCUT2D eigenvalue weighted by Crippen LogP contribution is 2.38. The molecule has 1 fully saturated rings. The zero-order valence-electron chi connectivity index (χ0n) is 25.3. The second kappa shape index (κ2) is 15.3. The number of fused-ring (bicyclic) bond motifs is 1. The maximum absolute atomic E-state index is 13.0. The lowest BCUT2D eigenvalue weighted by Gasteiger charge is -2.19. The summed E-state index contributed by atoms with van der Waals surface area (Å²) in [5, 5.41) is 17.3. The maximum atomic E-state index is 13.0. The summed E-state index contributed by atoms with van der Waals surface area (Å²) in [6.45, 7) is 7.97. The lowest BCUT2D eigenvalue weighted by atomic mass is 10.1. The van der Waals surface area contributed by atoms with Crippen molar-refractivity contribution in [3.63, 3.8) is 0 Å². The molecule has 4 aromatic rings. The first-order valence-electron chi connectivity index (χ1n) is 14.9. The van der Waals surface area contributed by atoms with E-state index in [0.717, 1.165) is 25.2 Å². The maximum Gasteiger partial charge on any atom is 0.248 e. The van der Waals surface area contributed by atoms with Crippen molar-refractivity contribution in [3.8, 4) is 17.6 Å². The number of hydrogen-bond donors (Lipinski definition) is 2. The number of pyridine rings is 2. The fraction of sp³-hybridized carbons (Fsp3) is 0.294. The van der Waals surface area contributed by atoms with Gasteiger partial charge in [-0.1, -0.05) is 37.6 Å². The Kier molecular flexibility index (Phi) is 10.8. The van der Waals surface area contributed by atoms with Crippen molar-refractivity contribution in [1.29, 1.82) is 5.26 Å². The summed E-state index contributed by atoms with van der Waals surface area (Å²) in [7, 11) is 0. The van der Waals surface area contributed by atoms with E-state index in [2.05, 4.69) is 45.4 Å². The van der Waals surface area contributed by atoms with Gasteiger partial charge in [-0.2, -0.15) is 5.26 Å². The minimum absolute atomic E-state index is 0.146. The third-order valence-electron chi connectivity index (χ3n) is 7.36. The molecule has 5 rings (SSSR count). The molecule has 0 bridgehead atoms. The molecular weight excluding hydrogens is 592 g/mol. The first kappa shape index (κ1) is 31.7. The van der Waals surface area contributed by atoms with Crippen LogP contribution in [0.2, 0.25) is 5.02 Å². The zero-order chi connectivity index (χ0) is 31.6. The van der Waals surface area contributed by atoms with Crippen molar-refractivity contribution in [2.45, 2.75) is 33.0 Å². The molecule has 45 heavy (non-hydrogen) atoms.